The highest BCUT2D eigenvalue weighted by molar-refractivity contribution is 5.92. The van der Waals surface area contributed by atoms with Gasteiger partial charge in [-0.25, -0.2) is 0 Å². The zero-order chi connectivity index (χ0) is 31.5. The number of allylic oxidation sites excluding steroid dienone is 1. The molecule has 0 unspecified atom stereocenters. The normalized spacial score (nSPS) is 9.76. The second-order valence-corrected chi connectivity index (χ2v) is 10.0. The highest BCUT2D eigenvalue weighted by atomic mass is 16.5. The Kier molecular flexibility index (Phi) is 16.8. The molecule has 0 aliphatic heterocycles. The third-order valence-electron chi connectivity index (χ3n) is 6.31. The van der Waals surface area contributed by atoms with Crippen molar-refractivity contribution in [3.8, 4) is 16.9 Å². The van der Waals surface area contributed by atoms with Crippen LogP contribution in [0.15, 0.2) is 85.0 Å². The number of hydrogen-bond acceptors (Lipinski definition) is 5. The van der Waals surface area contributed by atoms with Crippen LogP contribution >= 0.6 is 0 Å². The second-order valence-electron chi connectivity index (χ2n) is 10.0. The molecule has 1 amide bonds. The summed E-state index contributed by atoms with van der Waals surface area (Å²) in [5.74, 6) is 0.810. The maximum atomic E-state index is 11.5. The monoisotopic (exact) mass is 570 g/mol. The van der Waals surface area contributed by atoms with Crippen LogP contribution in [0, 0.1) is 6.92 Å². The number of amides is 1. The van der Waals surface area contributed by atoms with Crippen molar-refractivity contribution in [2.45, 2.75) is 60.0 Å². The van der Waals surface area contributed by atoms with E-state index in [-0.39, 0.29) is 5.91 Å². The van der Waals surface area contributed by atoms with Crippen molar-refractivity contribution in [2.24, 2.45) is 0 Å². The van der Waals surface area contributed by atoms with E-state index in [1.165, 1.54) is 22.3 Å². The maximum Gasteiger partial charge on any atom is 0.246 e. The molecule has 3 aromatic carbocycles. The summed E-state index contributed by atoms with van der Waals surface area (Å²) in [6.45, 7) is 15.7. The van der Waals surface area contributed by atoms with Gasteiger partial charge >= 0.3 is 0 Å². The number of benzene rings is 3. The second kappa shape index (κ2) is 19.7. The summed E-state index contributed by atoms with van der Waals surface area (Å²) >= 11 is 0. The van der Waals surface area contributed by atoms with Gasteiger partial charge in [0.15, 0.2) is 0 Å². The fourth-order valence-electron chi connectivity index (χ4n) is 3.91. The fourth-order valence-corrected chi connectivity index (χ4v) is 3.91. The predicted octanol–water partition coefficient (Wildman–Crippen LogP) is 6.72. The minimum absolute atomic E-state index is 0.134. The highest BCUT2D eigenvalue weighted by Gasteiger charge is 2.07. The first kappa shape index (κ1) is 35.7. The van der Waals surface area contributed by atoms with Gasteiger partial charge in [0.1, 0.15) is 18.3 Å². The summed E-state index contributed by atoms with van der Waals surface area (Å²) in [6, 6.07) is 21.1. The van der Waals surface area contributed by atoms with Crippen LogP contribution in [0.25, 0.3) is 11.1 Å². The SMILES string of the molecule is C=C(C)C(=O)NCc1ccc(CCC=O)cc1CNC.C=C(C)C=O.CCc1ccc(-c2ccc(OC)c(C)c2)cc1. The number of nitrogens with one attached hydrogen (secondary N) is 2. The van der Waals surface area contributed by atoms with Crippen molar-refractivity contribution < 1.29 is 19.1 Å². The van der Waals surface area contributed by atoms with E-state index in [2.05, 4.69) is 80.1 Å². The smallest absolute Gasteiger partial charge is 0.246 e. The molecule has 6 nitrogen and oxygen atoms in total. The first-order valence-corrected chi connectivity index (χ1v) is 14.1. The summed E-state index contributed by atoms with van der Waals surface area (Å²) in [7, 11) is 3.59. The molecule has 0 atom stereocenters. The number of hydrogen-bond donors (Lipinski definition) is 2. The molecule has 0 radical (unpaired) electrons. The van der Waals surface area contributed by atoms with Crippen LogP contribution in [0.2, 0.25) is 0 Å². The van der Waals surface area contributed by atoms with E-state index >= 15 is 0 Å². The van der Waals surface area contributed by atoms with Gasteiger partial charge in [-0.15, -0.1) is 0 Å². The molecule has 0 spiro atoms. The van der Waals surface area contributed by atoms with Crippen molar-refractivity contribution in [1.82, 2.24) is 10.6 Å². The van der Waals surface area contributed by atoms with Gasteiger partial charge in [0.25, 0.3) is 0 Å². The summed E-state index contributed by atoms with van der Waals surface area (Å²) in [5, 5.41) is 5.96. The summed E-state index contributed by atoms with van der Waals surface area (Å²) in [5.41, 5.74) is 9.47. The van der Waals surface area contributed by atoms with E-state index in [0.717, 1.165) is 54.4 Å². The number of methoxy groups -OCH3 is 1. The predicted molar refractivity (Wildman–Crippen MR) is 174 cm³/mol. The lowest BCUT2D eigenvalue weighted by molar-refractivity contribution is -0.117. The van der Waals surface area contributed by atoms with Crippen LogP contribution in [-0.4, -0.2) is 32.6 Å². The van der Waals surface area contributed by atoms with Crippen molar-refractivity contribution in [1.29, 1.82) is 0 Å². The molecular formula is C36H46N2O4. The van der Waals surface area contributed by atoms with Crippen LogP contribution in [-0.2, 0) is 40.3 Å². The van der Waals surface area contributed by atoms with Gasteiger partial charge < -0.3 is 20.2 Å². The van der Waals surface area contributed by atoms with Gasteiger partial charge in [-0.2, -0.15) is 0 Å². The van der Waals surface area contributed by atoms with E-state index in [0.29, 0.717) is 24.1 Å². The van der Waals surface area contributed by atoms with E-state index in [1.54, 1.807) is 21.0 Å². The molecule has 0 heterocycles. The topological polar surface area (TPSA) is 84.5 Å². The Hall–Kier alpha value is -4.29. The van der Waals surface area contributed by atoms with Crippen LogP contribution < -0.4 is 15.4 Å². The van der Waals surface area contributed by atoms with Crippen molar-refractivity contribution in [3.05, 3.63) is 113 Å². The molecule has 6 heteroatoms. The molecule has 0 saturated carbocycles. The summed E-state index contributed by atoms with van der Waals surface area (Å²) in [6.07, 6.45) is 4.02. The fraction of sp³-hybridized carbons (Fsp3) is 0.306. The lowest BCUT2D eigenvalue weighted by Crippen LogP contribution is -2.24. The van der Waals surface area contributed by atoms with Gasteiger partial charge in [-0.3, -0.25) is 9.59 Å². The third-order valence-corrected chi connectivity index (χ3v) is 6.31. The zero-order valence-corrected chi connectivity index (χ0v) is 26.0. The molecule has 0 saturated heterocycles. The molecule has 0 aromatic heterocycles. The number of aryl methyl sites for hydroxylation is 3. The van der Waals surface area contributed by atoms with Crippen LogP contribution in [0.3, 0.4) is 0 Å². The van der Waals surface area contributed by atoms with Crippen LogP contribution in [0.5, 0.6) is 5.75 Å². The van der Waals surface area contributed by atoms with Crippen molar-refractivity contribution in [2.75, 3.05) is 14.2 Å². The van der Waals surface area contributed by atoms with Crippen molar-refractivity contribution >= 4 is 18.5 Å². The Morgan fingerprint density at radius 2 is 1.50 bits per heavy atom. The minimum atomic E-state index is -0.134. The molecule has 42 heavy (non-hydrogen) atoms. The van der Waals surface area contributed by atoms with Gasteiger partial charge in [0.05, 0.1) is 7.11 Å². The number of carbonyl (C=O) groups is 3. The average Bonchev–Trinajstić information content (AvgIpc) is 3.00. The average molecular weight is 571 g/mol. The Balaban J connectivity index is 0.000000365. The number of carbonyl (C=O) groups excluding carboxylic acids is 3. The van der Waals surface area contributed by atoms with Crippen molar-refractivity contribution in [3.63, 3.8) is 0 Å². The van der Waals surface area contributed by atoms with E-state index in [4.69, 9.17) is 4.74 Å². The number of aldehydes is 2. The molecule has 0 aliphatic carbocycles. The molecule has 3 aromatic rings. The first-order chi connectivity index (χ1) is 20.1. The molecule has 224 valence electrons. The Morgan fingerprint density at radius 3 is 2.00 bits per heavy atom. The lowest BCUT2D eigenvalue weighted by atomic mass is 10.0. The number of rotatable bonds is 12. The lowest BCUT2D eigenvalue weighted by Gasteiger charge is -2.12. The Labute approximate surface area is 251 Å². The number of ether oxygens (including phenoxy) is 1. The Morgan fingerprint density at radius 1 is 0.881 bits per heavy atom. The standard InChI is InChI=1S/C16H22N2O2.C16H18O.C4H6O/c1-12(2)16(20)18-11-14-7-6-13(5-4-8-19)9-15(14)10-17-3;1-4-13-5-7-14(8-6-13)15-9-10-16(17-3)12(2)11-15;1-4(2)3-5/h6-9,17H,1,4-5,10-11H2,2-3H3,(H,18,20);5-11H,4H2,1-3H3;3H,1H2,2H3. The van der Waals surface area contributed by atoms with Crippen LogP contribution in [0.1, 0.15) is 55.0 Å². The quantitative estimate of drug-likeness (QED) is 0.186. The van der Waals surface area contributed by atoms with E-state index in [1.807, 2.05) is 25.2 Å². The van der Waals surface area contributed by atoms with Crippen LogP contribution in [0.4, 0.5) is 0 Å². The molecule has 2 N–H and O–H groups in total. The highest BCUT2D eigenvalue weighted by Crippen LogP contribution is 2.26. The molecule has 0 aliphatic rings. The molecule has 0 fully saturated rings. The van der Waals surface area contributed by atoms with E-state index < -0.39 is 0 Å². The molecular weight excluding hydrogens is 524 g/mol. The van der Waals surface area contributed by atoms with Gasteiger partial charge in [0.2, 0.25) is 5.91 Å². The molecule has 0 bridgehead atoms. The van der Waals surface area contributed by atoms with Gasteiger partial charge in [-0.05, 0) is 97.3 Å². The van der Waals surface area contributed by atoms with Gasteiger partial charge in [0, 0.05) is 25.1 Å². The van der Waals surface area contributed by atoms with E-state index in [9.17, 15) is 14.4 Å². The Bertz CT molecular complexity index is 1330. The zero-order valence-electron chi connectivity index (χ0n) is 26.0. The van der Waals surface area contributed by atoms with Gasteiger partial charge in [-0.1, -0.05) is 68.6 Å². The largest absolute Gasteiger partial charge is 0.496 e. The summed E-state index contributed by atoms with van der Waals surface area (Å²) < 4.78 is 5.27. The summed E-state index contributed by atoms with van der Waals surface area (Å²) in [4.78, 5) is 31.4. The first-order valence-electron chi connectivity index (χ1n) is 14.1. The molecule has 3 rings (SSSR count). The maximum absolute atomic E-state index is 11.5. The third kappa shape index (κ3) is 12.9. The minimum Gasteiger partial charge on any atom is -0.496 e.